The first-order valence-electron chi connectivity index (χ1n) is 5.00. The van der Waals surface area contributed by atoms with Gasteiger partial charge in [-0.25, -0.2) is 0 Å². The molecule has 15 heavy (non-hydrogen) atoms. The number of hydrogen-bond acceptors (Lipinski definition) is 2. The Kier molecular flexibility index (Phi) is 3.86. The first-order chi connectivity index (χ1) is 7.04. The second-order valence-corrected chi connectivity index (χ2v) is 3.82. The molecule has 3 unspecified atom stereocenters. The summed E-state index contributed by atoms with van der Waals surface area (Å²) in [5, 5.41) is 18.6. The summed E-state index contributed by atoms with van der Waals surface area (Å²) in [6.45, 7) is 3.35. The molecule has 3 atom stereocenters. The van der Waals surface area contributed by atoms with Crippen molar-refractivity contribution < 1.29 is 15.0 Å². The van der Waals surface area contributed by atoms with Gasteiger partial charge in [-0.3, -0.25) is 4.79 Å². The molecule has 0 spiro atoms. The third-order valence-electron chi connectivity index (χ3n) is 2.74. The van der Waals surface area contributed by atoms with E-state index in [0.717, 1.165) is 5.56 Å². The number of aliphatic carboxylic acids is 1. The summed E-state index contributed by atoms with van der Waals surface area (Å²) in [6.07, 6.45) is -0.857. The predicted octanol–water partition coefficient (Wildman–Crippen LogP) is 1.87. The van der Waals surface area contributed by atoms with Crippen LogP contribution < -0.4 is 0 Å². The fourth-order valence-corrected chi connectivity index (χ4v) is 1.53. The predicted molar refractivity (Wildman–Crippen MR) is 57.7 cm³/mol. The van der Waals surface area contributed by atoms with Crippen molar-refractivity contribution in [2.24, 2.45) is 5.92 Å². The highest BCUT2D eigenvalue weighted by Crippen LogP contribution is 2.23. The summed E-state index contributed by atoms with van der Waals surface area (Å²) < 4.78 is 0. The van der Waals surface area contributed by atoms with Gasteiger partial charge in [-0.05, 0) is 12.5 Å². The van der Waals surface area contributed by atoms with Crippen molar-refractivity contribution in [3.8, 4) is 0 Å². The van der Waals surface area contributed by atoms with Crippen molar-refractivity contribution >= 4 is 5.97 Å². The molecule has 1 aromatic carbocycles. The van der Waals surface area contributed by atoms with Crippen LogP contribution in [0.1, 0.15) is 25.3 Å². The summed E-state index contributed by atoms with van der Waals surface area (Å²) in [6, 6.07) is 9.43. The molecule has 82 valence electrons. The zero-order chi connectivity index (χ0) is 11.4. The Morgan fingerprint density at radius 3 is 2.20 bits per heavy atom. The molecular formula is C12H16O3. The maximum atomic E-state index is 10.7. The highest BCUT2D eigenvalue weighted by atomic mass is 16.4. The number of hydrogen-bond donors (Lipinski definition) is 2. The van der Waals surface area contributed by atoms with E-state index in [9.17, 15) is 9.90 Å². The number of carboxylic acid groups (broad SMARTS) is 1. The van der Waals surface area contributed by atoms with Gasteiger partial charge in [-0.1, -0.05) is 37.3 Å². The maximum Gasteiger partial charge on any atom is 0.308 e. The van der Waals surface area contributed by atoms with Crippen LogP contribution in [0.15, 0.2) is 30.3 Å². The average Bonchev–Trinajstić information content (AvgIpc) is 2.27. The van der Waals surface area contributed by atoms with Crippen molar-refractivity contribution in [1.82, 2.24) is 0 Å². The first kappa shape index (κ1) is 11.7. The van der Waals surface area contributed by atoms with Crippen molar-refractivity contribution in [3.63, 3.8) is 0 Å². The fraction of sp³-hybridized carbons (Fsp3) is 0.417. The van der Waals surface area contributed by atoms with E-state index in [-0.39, 0.29) is 5.92 Å². The minimum absolute atomic E-state index is 0.169. The average molecular weight is 208 g/mol. The van der Waals surface area contributed by atoms with Crippen molar-refractivity contribution in [3.05, 3.63) is 35.9 Å². The van der Waals surface area contributed by atoms with Gasteiger partial charge in [0.05, 0.1) is 12.0 Å². The third kappa shape index (κ3) is 2.80. The van der Waals surface area contributed by atoms with Crippen LogP contribution in [0, 0.1) is 5.92 Å². The van der Waals surface area contributed by atoms with E-state index in [1.807, 2.05) is 37.3 Å². The SMILES string of the molecule is CC(C(=O)O)C(O)C(C)c1ccccc1. The van der Waals surface area contributed by atoms with Gasteiger partial charge in [0.2, 0.25) is 0 Å². The van der Waals surface area contributed by atoms with Crippen molar-refractivity contribution in [2.75, 3.05) is 0 Å². The molecule has 0 fully saturated rings. The summed E-state index contributed by atoms with van der Waals surface area (Å²) in [5.41, 5.74) is 0.957. The molecule has 2 N–H and O–H groups in total. The van der Waals surface area contributed by atoms with Crippen LogP contribution in [0.3, 0.4) is 0 Å². The van der Waals surface area contributed by atoms with Crippen molar-refractivity contribution in [2.45, 2.75) is 25.9 Å². The highest BCUT2D eigenvalue weighted by molar-refractivity contribution is 5.70. The standard InChI is InChI=1S/C12H16O3/c1-8(10-6-4-3-5-7-10)11(13)9(2)12(14)15/h3-9,11,13H,1-2H3,(H,14,15). The zero-order valence-electron chi connectivity index (χ0n) is 8.92. The molecule has 0 amide bonds. The van der Waals surface area contributed by atoms with Crippen LogP contribution in [-0.4, -0.2) is 22.3 Å². The molecule has 0 aliphatic rings. The van der Waals surface area contributed by atoms with Crippen LogP contribution in [0.2, 0.25) is 0 Å². The fourth-order valence-electron chi connectivity index (χ4n) is 1.53. The van der Waals surface area contributed by atoms with Crippen LogP contribution in [0.5, 0.6) is 0 Å². The van der Waals surface area contributed by atoms with Crippen LogP contribution >= 0.6 is 0 Å². The molecule has 1 aromatic rings. The molecule has 3 heteroatoms. The Bertz CT molecular complexity index is 321. The quantitative estimate of drug-likeness (QED) is 0.794. The molecule has 0 aliphatic carbocycles. The van der Waals surface area contributed by atoms with Crippen LogP contribution in [0.25, 0.3) is 0 Å². The second-order valence-electron chi connectivity index (χ2n) is 3.82. The summed E-state index contributed by atoms with van der Waals surface area (Å²) >= 11 is 0. The Labute approximate surface area is 89.4 Å². The number of carbonyl (C=O) groups is 1. The topological polar surface area (TPSA) is 57.5 Å². The van der Waals surface area contributed by atoms with Gasteiger partial charge >= 0.3 is 5.97 Å². The zero-order valence-corrected chi connectivity index (χ0v) is 8.92. The Hall–Kier alpha value is -1.35. The lowest BCUT2D eigenvalue weighted by atomic mass is 9.88. The monoisotopic (exact) mass is 208 g/mol. The van der Waals surface area contributed by atoms with E-state index in [0.29, 0.717) is 0 Å². The molecule has 3 nitrogen and oxygen atoms in total. The second kappa shape index (κ2) is 4.94. The number of benzene rings is 1. The Morgan fingerprint density at radius 2 is 1.73 bits per heavy atom. The number of carboxylic acids is 1. The lowest BCUT2D eigenvalue weighted by Crippen LogP contribution is -2.29. The summed E-state index contributed by atoms with van der Waals surface area (Å²) in [4.78, 5) is 10.7. The number of aliphatic hydroxyl groups is 1. The Balaban J connectivity index is 2.77. The van der Waals surface area contributed by atoms with Gasteiger partial charge < -0.3 is 10.2 Å². The molecule has 0 saturated heterocycles. The molecule has 0 aromatic heterocycles. The lowest BCUT2D eigenvalue weighted by Gasteiger charge is -2.22. The van der Waals surface area contributed by atoms with Crippen LogP contribution in [-0.2, 0) is 4.79 Å². The summed E-state index contributed by atoms with van der Waals surface area (Å²) in [5.74, 6) is -1.89. The minimum atomic E-state index is -0.967. The van der Waals surface area contributed by atoms with Crippen molar-refractivity contribution in [1.29, 1.82) is 0 Å². The molecule has 0 bridgehead atoms. The molecule has 0 aliphatic heterocycles. The van der Waals surface area contributed by atoms with Gasteiger partial charge in [-0.15, -0.1) is 0 Å². The lowest BCUT2D eigenvalue weighted by molar-refractivity contribution is -0.145. The largest absolute Gasteiger partial charge is 0.481 e. The van der Waals surface area contributed by atoms with Gasteiger partial charge in [-0.2, -0.15) is 0 Å². The van der Waals surface area contributed by atoms with E-state index < -0.39 is 18.0 Å². The third-order valence-corrected chi connectivity index (χ3v) is 2.74. The minimum Gasteiger partial charge on any atom is -0.481 e. The molecular weight excluding hydrogens is 192 g/mol. The number of aliphatic hydroxyl groups excluding tert-OH is 1. The van der Waals surface area contributed by atoms with Crippen LogP contribution in [0.4, 0.5) is 0 Å². The normalized spacial score (nSPS) is 16.7. The molecule has 0 saturated carbocycles. The van der Waals surface area contributed by atoms with E-state index in [2.05, 4.69) is 0 Å². The van der Waals surface area contributed by atoms with Gasteiger partial charge in [0.25, 0.3) is 0 Å². The molecule has 0 heterocycles. The van der Waals surface area contributed by atoms with E-state index in [4.69, 9.17) is 5.11 Å². The molecule has 1 rings (SSSR count). The van der Waals surface area contributed by atoms with Gasteiger partial charge in [0.1, 0.15) is 0 Å². The van der Waals surface area contributed by atoms with E-state index in [1.165, 1.54) is 6.92 Å². The summed E-state index contributed by atoms with van der Waals surface area (Å²) in [7, 11) is 0. The van der Waals surface area contributed by atoms with Gasteiger partial charge in [0.15, 0.2) is 0 Å². The molecule has 0 radical (unpaired) electrons. The van der Waals surface area contributed by atoms with E-state index in [1.54, 1.807) is 0 Å². The van der Waals surface area contributed by atoms with Gasteiger partial charge in [0, 0.05) is 5.92 Å². The van der Waals surface area contributed by atoms with E-state index >= 15 is 0 Å². The maximum absolute atomic E-state index is 10.7. The first-order valence-corrected chi connectivity index (χ1v) is 5.00. The highest BCUT2D eigenvalue weighted by Gasteiger charge is 2.27. The Morgan fingerprint density at radius 1 is 1.20 bits per heavy atom. The number of rotatable bonds is 4. The smallest absolute Gasteiger partial charge is 0.308 e.